The molecule has 1 nitrogen and oxygen atoms in total. The van der Waals surface area contributed by atoms with Gasteiger partial charge in [0.2, 0.25) is 0 Å². The summed E-state index contributed by atoms with van der Waals surface area (Å²) in [7, 11) is -0.229. The fourth-order valence-electron chi connectivity index (χ4n) is 5.29. The van der Waals surface area contributed by atoms with E-state index in [9.17, 15) is 0 Å². The van der Waals surface area contributed by atoms with Crippen molar-refractivity contribution in [2.75, 3.05) is 6.35 Å². The number of hydrogen-bond acceptors (Lipinski definition) is 1. The molecule has 0 amide bonds. The van der Waals surface area contributed by atoms with Crippen molar-refractivity contribution < 1.29 is 4.74 Å². The van der Waals surface area contributed by atoms with Crippen LogP contribution in [0.4, 0.5) is 0 Å². The molecule has 2 aliphatic rings. The molecule has 4 rings (SSSR count). The maximum atomic E-state index is 6.32. The Bertz CT molecular complexity index is 861. The van der Waals surface area contributed by atoms with E-state index >= 15 is 0 Å². The van der Waals surface area contributed by atoms with Gasteiger partial charge in [-0.25, -0.2) is 0 Å². The third-order valence-corrected chi connectivity index (χ3v) is 9.90. The van der Waals surface area contributed by atoms with Gasteiger partial charge in [0.15, 0.2) is 0 Å². The topological polar surface area (TPSA) is 9.23 Å². The van der Waals surface area contributed by atoms with Crippen LogP contribution in [0.2, 0.25) is 0 Å². The summed E-state index contributed by atoms with van der Waals surface area (Å²) in [5.41, 5.74) is 8.34. The van der Waals surface area contributed by atoms with Gasteiger partial charge in [0.1, 0.15) is 12.1 Å². The molecule has 2 aromatic carbocycles. The first-order valence-electron chi connectivity index (χ1n) is 12.1. The Morgan fingerprint density at radius 3 is 2.03 bits per heavy atom. The Labute approximate surface area is 185 Å². The molecule has 2 aromatic rings. The molecular formula is C28H39OP. The maximum absolute atomic E-state index is 6.32. The van der Waals surface area contributed by atoms with E-state index in [0.717, 1.165) is 12.0 Å². The Morgan fingerprint density at radius 2 is 1.47 bits per heavy atom. The second-order valence-corrected chi connectivity index (χ2v) is 12.6. The van der Waals surface area contributed by atoms with Crippen LogP contribution in [0.3, 0.4) is 0 Å². The molecule has 1 saturated carbocycles. The first-order valence-corrected chi connectivity index (χ1v) is 13.7. The maximum Gasteiger partial charge on any atom is 0.128 e. The van der Waals surface area contributed by atoms with Gasteiger partial charge < -0.3 is 4.74 Å². The highest BCUT2D eigenvalue weighted by Crippen LogP contribution is 2.55. The van der Waals surface area contributed by atoms with Crippen LogP contribution in [0.1, 0.15) is 108 Å². The molecule has 1 fully saturated rings. The summed E-state index contributed by atoms with van der Waals surface area (Å²) in [5.74, 6) is 2.74. The third kappa shape index (κ3) is 4.08. The first kappa shape index (κ1) is 21.9. The van der Waals surface area contributed by atoms with Crippen molar-refractivity contribution in [3.05, 3.63) is 47.0 Å². The summed E-state index contributed by atoms with van der Waals surface area (Å²) in [4.78, 5) is 0. The molecule has 0 aromatic heterocycles. The van der Waals surface area contributed by atoms with E-state index in [4.69, 9.17) is 4.74 Å². The molecule has 1 atom stereocenters. The Morgan fingerprint density at radius 1 is 0.833 bits per heavy atom. The summed E-state index contributed by atoms with van der Waals surface area (Å²) in [6.07, 6.45) is 7.94. The molecule has 2 heteroatoms. The van der Waals surface area contributed by atoms with E-state index in [1.807, 2.05) is 0 Å². The molecule has 1 aliphatic carbocycles. The van der Waals surface area contributed by atoms with E-state index in [1.54, 1.807) is 5.30 Å². The van der Waals surface area contributed by atoms with Gasteiger partial charge >= 0.3 is 0 Å². The average Bonchev–Trinajstić information content (AvgIpc) is 3.17. The van der Waals surface area contributed by atoms with Crippen LogP contribution in [0.5, 0.6) is 5.75 Å². The SMILES string of the molecule is CC(C)c1cc(C(C)C)c(-c2cccc3c2[P@](C2CCCCC2)CO3)c(C(C)C)c1. The number of benzene rings is 2. The van der Waals surface area contributed by atoms with Gasteiger partial charge in [-0.2, -0.15) is 0 Å². The molecule has 0 unspecified atom stereocenters. The predicted molar refractivity (Wildman–Crippen MR) is 133 cm³/mol. The van der Waals surface area contributed by atoms with E-state index < -0.39 is 0 Å². The van der Waals surface area contributed by atoms with Crippen LogP contribution in [0, 0.1) is 0 Å². The van der Waals surface area contributed by atoms with Crippen molar-refractivity contribution in [2.45, 2.75) is 97.1 Å². The Balaban J connectivity index is 1.92. The number of ether oxygens (including phenoxy) is 1. The zero-order valence-corrected chi connectivity index (χ0v) is 20.7. The van der Waals surface area contributed by atoms with Crippen molar-refractivity contribution in [1.82, 2.24) is 0 Å². The number of rotatable bonds is 5. The van der Waals surface area contributed by atoms with Crippen LogP contribution in [-0.4, -0.2) is 12.0 Å². The molecule has 30 heavy (non-hydrogen) atoms. The molecule has 0 radical (unpaired) electrons. The molecule has 0 spiro atoms. The normalized spacial score (nSPS) is 19.6. The van der Waals surface area contributed by atoms with Gasteiger partial charge in [-0.1, -0.05) is 85.1 Å². The van der Waals surface area contributed by atoms with E-state index in [-0.39, 0.29) is 7.92 Å². The zero-order valence-electron chi connectivity index (χ0n) is 19.8. The van der Waals surface area contributed by atoms with Gasteiger partial charge in [-0.05, 0) is 78.1 Å². The molecule has 0 N–H and O–H groups in total. The van der Waals surface area contributed by atoms with Crippen molar-refractivity contribution in [2.24, 2.45) is 0 Å². The first-order chi connectivity index (χ1) is 14.4. The van der Waals surface area contributed by atoms with Crippen LogP contribution in [0.25, 0.3) is 11.1 Å². The van der Waals surface area contributed by atoms with Crippen molar-refractivity contribution >= 4 is 13.2 Å². The molecule has 162 valence electrons. The van der Waals surface area contributed by atoms with E-state index in [0.29, 0.717) is 17.8 Å². The lowest BCUT2D eigenvalue weighted by Crippen LogP contribution is -2.18. The van der Waals surface area contributed by atoms with Crippen LogP contribution >= 0.6 is 7.92 Å². The van der Waals surface area contributed by atoms with E-state index in [2.05, 4.69) is 71.9 Å². The molecule has 1 aliphatic heterocycles. The fraction of sp³-hybridized carbons (Fsp3) is 0.571. The third-order valence-electron chi connectivity index (χ3n) is 7.06. The summed E-state index contributed by atoms with van der Waals surface area (Å²) < 4.78 is 6.32. The minimum absolute atomic E-state index is 0.229. The van der Waals surface area contributed by atoms with Crippen molar-refractivity contribution in [3.63, 3.8) is 0 Å². The molecule has 0 bridgehead atoms. The van der Waals surface area contributed by atoms with Crippen LogP contribution in [-0.2, 0) is 0 Å². The Kier molecular flexibility index (Phi) is 6.59. The van der Waals surface area contributed by atoms with Crippen molar-refractivity contribution in [3.8, 4) is 16.9 Å². The minimum atomic E-state index is -0.229. The lowest BCUT2D eigenvalue weighted by molar-refractivity contribution is 0.399. The monoisotopic (exact) mass is 422 g/mol. The summed E-state index contributed by atoms with van der Waals surface area (Å²) >= 11 is 0. The second-order valence-electron chi connectivity index (χ2n) is 10.2. The van der Waals surface area contributed by atoms with Crippen molar-refractivity contribution in [1.29, 1.82) is 0 Å². The standard InChI is InChI=1S/C28H39OP/c1-18(2)21-15-24(19(3)4)27(25(16-21)20(5)6)23-13-10-14-26-28(23)30(17-29-26)22-11-8-7-9-12-22/h10,13-16,18-20,22H,7-9,11-12,17H2,1-6H3/t30-/m0/s1. The average molecular weight is 423 g/mol. The summed E-state index contributed by atoms with van der Waals surface area (Å²) in [5, 5.41) is 1.57. The van der Waals surface area contributed by atoms with Gasteiger partial charge in [0, 0.05) is 5.30 Å². The number of hydrogen-bond donors (Lipinski definition) is 0. The Hall–Kier alpha value is -1.33. The largest absolute Gasteiger partial charge is 0.488 e. The lowest BCUT2D eigenvalue weighted by atomic mass is 9.82. The van der Waals surface area contributed by atoms with Crippen LogP contribution in [0.15, 0.2) is 30.3 Å². The minimum Gasteiger partial charge on any atom is -0.488 e. The predicted octanol–water partition coefficient (Wildman–Crippen LogP) is 8.51. The highest BCUT2D eigenvalue weighted by atomic mass is 31.1. The lowest BCUT2D eigenvalue weighted by Gasteiger charge is -2.29. The van der Waals surface area contributed by atoms with Gasteiger partial charge in [0.25, 0.3) is 0 Å². The molecular weight excluding hydrogens is 383 g/mol. The highest BCUT2D eigenvalue weighted by Gasteiger charge is 2.35. The summed E-state index contributed by atoms with van der Waals surface area (Å²) in [6.45, 7) is 14.1. The van der Waals surface area contributed by atoms with E-state index in [1.165, 1.54) is 65.7 Å². The van der Waals surface area contributed by atoms with Gasteiger partial charge in [0.05, 0.1) is 0 Å². The molecule has 0 saturated heterocycles. The second kappa shape index (κ2) is 9.04. The highest BCUT2D eigenvalue weighted by molar-refractivity contribution is 7.67. The van der Waals surface area contributed by atoms with Gasteiger partial charge in [-0.3, -0.25) is 0 Å². The zero-order chi connectivity index (χ0) is 21.4. The fourth-order valence-corrected chi connectivity index (χ4v) is 8.18. The quantitative estimate of drug-likeness (QED) is 0.439. The van der Waals surface area contributed by atoms with Crippen LogP contribution < -0.4 is 10.0 Å². The smallest absolute Gasteiger partial charge is 0.128 e. The number of fused-ring (bicyclic) bond motifs is 1. The van der Waals surface area contributed by atoms with Gasteiger partial charge in [-0.15, -0.1) is 0 Å². The molecule has 1 heterocycles. The summed E-state index contributed by atoms with van der Waals surface area (Å²) in [6, 6.07) is 11.8.